The lowest BCUT2D eigenvalue weighted by Crippen LogP contribution is -2.56. The van der Waals surface area contributed by atoms with Crippen LogP contribution in [-0.4, -0.2) is 61.2 Å². The Bertz CT molecular complexity index is 294. The van der Waals surface area contributed by atoms with Crippen LogP contribution in [0, 0.1) is 11.8 Å². The monoisotopic (exact) mass is 249 g/mol. The van der Waals surface area contributed by atoms with Gasteiger partial charge in [-0.3, -0.25) is 0 Å². The summed E-state index contributed by atoms with van der Waals surface area (Å²) in [6.45, 7) is 8.07. The van der Waals surface area contributed by atoms with Crippen LogP contribution < -0.4 is 5.32 Å². The number of piperidine rings is 3. The summed E-state index contributed by atoms with van der Waals surface area (Å²) in [7, 11) is 0. The van der Waals surface area contributed by atoms with E-state index in [0.717, 1.165) is 23.9 Å². The first-order valence-electron chi connectivity index (χ1n) is 8.08. The molecule has 3 heteroatoms. The van der Waals surface area contributed by atoms with Crippen molar-refractivity contribution in [3.63, 3.8) is 0 Å². The second-order valence-electron chi connectivity index (χ2n) is 7.03. The molecule has 0 aromatic heterocycles. The number of nitrogens with zero attached hydrogens (tertiary/aromatic N) is 2. The minimum absolute atomic E-state index is 0.808. The molecule has 4 saturated heterocycles. The van der Waals surface area contributed by atoms with E-state index in [4.69, 9.17) is 0 Å². The molecule has 0 amide bonds. The van der Waals surface area contributed by atoms with Crippen molar-refractivity contribution in [1.29, 1.82) is 0 Å². The van der Waals surface area contributed by atoms with Gasteiger partial charge in [0.2, 0.25) is 0 Å². The van der Waals surface area contributed by atoms with Gasteiger partial charge in [0.1, 0.15) is 0 Å². The normalized spacial score (nSPS) is 44.7. The number of rotatable bonds is 4. The van der Waals surface area contributed by atoms with Crippen molar-refractivity contribution in [1.82, 2.24) is 15.1 Å². The first-order chi connectivity index (χ1) is 8.88. The second-order valence-corrected chi connectivity index (χ2v) is 7.03. The highest BCUT2D eigenvalue weighted by molar-refractivity contribution is 4.93. The summed E-state index contributed by atoms with van der Waals surface area (Å²) in [6, 6.07) is 1.79. The van der Waals surface area contributed by atoms with Crippen molar-refractivity contribution in [2.24, 2.45) is 11.8 Å². The third kappa shape index (κ3) is 2.33. The van der Waals surface area contributed by atoms with Crippen LogP contribution in [0.15, 0.2) is 0 Å². The quantitative estimate of drug-likeness (QED) is 0.806. The van der Waals surface area contributed by atoms with Gasteiger partial charge in [0.15, 0.2) is 0 Å². The number of hydrogen-bond donors (Lipinski definition) is 1. The fraction of sp³-hybridized carbons (Fsp3) is 1.00. The molecule has 0 radical (unpaired) electrons. The summed E-state index contributed by atoms with van der Waals surface area (Å²) in [5.41, 5.74) is 0. The van der Waals surface area contributed by atoms with Crippen molar-refractivity contribution in [2.75, 3.05) is 39.3 Å². The fourth-order valence-electron chi connectivity index (χ4n) is 4.31. The van der Waals surface area contributed by atoms with Crippen LogP contribution in [0.3, 0.4) is 0 Å². The maximum Gasteiger partial charge on any atom is 0.0224 e. The van der Waals surface area contributed by atoms with E-state index in [2.05, 4.69) is 15.1 Å². The molecular formula is C15H27N3. The third-order valence-corrected chi connectivity index (χ3v) is 5.71. The van der Waals surface area contributed by atoms with Gasteiger partial charge in [0, 0.05) is 25.2 Å². The van der Waals surface area contributed by atoms with Crippen LogP contribution >= 0.6 is 0 Å². The average molecular weight is 249 g/mol. The first kappa shape index (κ1) is 11.7. The highest BCUT2D eigenvalue weighted by atomic mass is 15.2. The lowest BCUT2D eigenvalue weighted by Gasteiger charge is -2.45. The summed E-state index contributed by atoms with van der Waals surface area (Å²) in [4.78, 5) is 5.39. The Morgan fingerprint density at radius 1 is 0.889 bits per heavy atom. The smallest absolute Gasteiger partial charge is 0.0224 e. The molecule has 0 spiro atoms. The van der Waals surface area contributed by atoms with Crippen molar-refractivity contribution in [3.05, 3.63) is 0 Å². The molecular weight excluding hydrogens is 222 g/mol. The van der Waals surface area contributed by atoms with Gasteiger partial charge in [-0.15, -0.1) is 0 Å². The molecule has 0 aromatic carbocycles. The van der Waals surface area contributed by atoms with Crippen LogP contribution in [0.5, 0.6) is 0 Å². The molecule has 5 rings (SSSR count). The van der Waals surface area contributed by atoms with Crippen molar-refractivity contribution < 1.29 is 0 Å². The zero-order valence-electron chi connectivity index (χ0n) is 11.5. The molecule has 1 N–H and O–H groups in total. The molecule has 102 valence electrons. The van der Waals surface area contributed by atoms with Gasteiger partial charge in [0.05, 0.1) is 0 Å². The summed E-state index contributed by atoms with van der Waals surface area (Å²) < 4.78 is 0. The van der Waals surface area contributed by atoms with Gasteiger partial charge in [0.25, 0.3) is 0 Å². The Balaban J connectivity index is 1.24. The number of likely N-dealkylation sites (tertiary alicyclic amines) is 1. The molecule has 3 nitrogen and oxygen atoms in total. The van der Waals surface area contributed by atoms with E-state index < -0.39 is 0 Å². The zero-order valence-corrected chi connectivity index (χ0v) is 11.5. The number of hydrogen-bond acceptors (Lipinski definition) is 3. The lowest BCUT2D eigenvalue weighted by atomic mass is 9.84. The second kappa shape index (κ2) is 4.77. The van der Waals surface area contributed by atoms with Gasteiger partial charge in [-0.05, 0) is 70.1 Å². The summed E-state index contributed by atoms with van der Waals surface area (Å²) in [5.74, 6) is 1.91. The Kier molecular flexibility index (Phi) is 3.10. The minimum atomic E-state index is 0.808. The highest BCUT2D eigenvalue weighted by Gasteiger charge is 2.36. The molecule has 2 unspecified atom stereocenters. The average Bonchev–Trinajstić information content (AvgIpc) is 3.17. The summed E-state index contributed by atoms with van der Waals surface area (Å²) >= 11 is 0. The van der Waals surface area contributed by atoms with Crippen LogP contribution in [0.2, 0.25) is 0 Å². The number of fused-ring (bicyclic) bond motifs is 3. The zero-order chi connectivity index (χ0) is 11.9. The lowest BCUT2D eigenvalue weighted by molar-refractivity contribution is 0.0709. The Hall–Kier alpha value is -0.120. The molecule has 2 atom stereocenters. The van der Waals surface area contributed by atoms with Crippen LogP contribution in [0.1, 0.15) is 32.1 Å². The van der Waals surface area contributed by atoms with Gasteiger partial charge in [-0.2, -0.15) is 0 Å². The maximum absolute atomic E-state index is 3.91. The van der Waals surface area contributed by atoms with Crippen LogP contribution in [0.25, 0.3) is 0 Å². The molecule has 4 heterocycles. The van der Waals surface area contributed by atoms with E-state index in [0.29, 0.717) is 0 Å². The molecule has 5 aliphatic rings. The molecule has 0 aromatic rings. The number of nitrogens with one attached hydrogen (secondary N) is 1. The third-order valence-electron chi connectivity index (χ3n) is 5.71. The predicted octanol–water partition coefficient (Wildman–Crippen LogP) is 1.15. The molecule has 2 bridgehead atoms. The Morgan fingerprint density at radius 3 is 2.39 bits per heavy atom. The van der Waals surface area contributed by atoms with Crippen LogP contribution in [0.4, 0.5) is 0 Å². The summed E-state index contributed by atoms with van der Waals surface area (Å²) in [5, 5.41) is 3.91. The largest absolute Gasteiger partial charge is 0.312 e. The first-order valence-corrected chi connectivity index (χ1v) is 8.08. The van der Waals surface area contributed by atoms with Gasteiger partial charge < -0.3 is 15.1 Å². The molecule has 1 aliphatic carbocycles. The SMILES string of the molecule is C1CN(C2CC2)CC1CNC1CN2CCC1CC2. The molecule has 5 fully saturated rings. The minimum Gasteiger partial charge on any atom is -0.312 e. The Morgan fingerprint density at radius 2 is 1.72 bits per heavy atom. The van der Waals surface area contributed by atoms with Crippen LogP contribution in [-0.2, 0) is 0 Å². The van der Waals surface area contributed by atoms with E-state index >= 15 is 0 Å². The topological polar surface area (TPSA) is 18.5 Å². The molecule has 18 heavy (non-hydrogen) atoms. The van der Waals surface area contributed by atoms with Crippen molar-refractivity contribution in [2.45, 2.75) is 44.2 Å². The predicted molar refractivity (Wildman–Crippen MR) is 73.7 cm³/mol. The van der Waals surface area contributed by atoms with Gasteiger partial charge in [-0.25, -0.2) is 0 Å². The molecule has 4 aliphatic heterocycles. The van der Waals surface area contributed by atoms with Gasteiger partial charge >= 0.3 is 0 Å². The van der Waals surface area contributed by atoms with E-state index in [1.807, 2.05) is 0 Å². The molecule has 1 saturated carbocycles. The highest BCUT2D eigenvalue weighted by Crippen LogP contribution is 2.32. The van der Waals surface area contributed by atoms with E-state index in [-0.39, 0.29) is 0 Å². The van der Waals surface area contributed by atoms with Crippen molar-refractivity contribution >= 4 is 0 Å². The maximum atomic E-state index is 3.91. The fourth-order valence-corrected chi connectivity index (χ4v) is 4.31. The summed E-state index contributed by atoms with van der Waals surface area (Å²) in [6.07, 6.45) is 7.26. The Labute approximate surface area is 111 Å². The van der Waals surface area contributed by atoms with E-state index in [1.165, 1.54) is 71.4 Å². The standard InChI is InChI=1S/C15H27N3/c1-2-14(1)18-8-3-12(10-18)9-16-15-11-17-6-4-13(15)5-7-17/h12-16H,1-11H2. The van der Waals surface area contributed by atoms with Crippen molar-refractivity contribution in [3.8, 4) is 0 Å². The van der Waals surface area contributed by atoms with Gasteiger partial charge in [-0.1, -0.05) is 0 Å². The van der Waals surface area contributed by atoms with E-state index in [1.54, 1.807) is 0 Å². The van der Waals surface area contributed by atoms with E-state index in [9.17, 15) is 0 Å².